The van der Waals surface area contributed by atoms with Crippen molar-refractivity contribution in [1.29, 1.82) is 0 Å². The van der Waals surface area contributed by atoms with Gasteiger partial charge < -0.3 is 5.11 Å². The lowest BCUT2D eigenvalue weighted by Gasteiger charge is -2.01. The number of thioether (sulfide) groups is 1. The molecule has 0 unspecified atom stereocenters. The van der Waals surface area contributed by atoms with Crippen LogP contribution in [0.5, 0.6) is 5.75 Å². The summed E-state index contributed by atoms with van der Waals surface area (Å²) in [5.74, 6) is 1.11. The van der Waals surface area contributed by atoms with E-state index in [9.17, 15) is 5.11 Å². The molecule has 0 atom stereocenters. The Balaban J connectivity index is 1.70. The van der Waals surface area contributed by atoms with Gasteiger partial charge in [0.1, 0.15) is 10.8 Å². The lowest BCUT2D eigenvalue weighted by atomic mass is 10.3. The van der Waals surface area contributed by atoms with Crippen LogP contribution in [0.3, 0.4) is 0 Å². The van der Waals surface area contributed by atoms with Gasteiger partial charge in [0, 0.05) is 27.0 Å². The molecule has 0 radical (unpaired) electrons. The summed E-state index contributed by atoms with van der Waals surface area (Å²) in [4.78, 5) is 5.52. The molecular weight excluding hydrogens is 294 g/mol. The van der Waals surface area contributed by atoms with Crippen molar-refractivity contribution in [3.05, 3.63) is 52.2 Å². The molecule has 0 fully saturated rings. The second-order valence-electron chi connectivity index (χ2n) is 3.91. The zero-order chi connectivity index (χ0) is 13.1. The first kappa shape index (κ1) is 12.7. The second-order valence-corrected chi connectivity index (χ2v) is 6.57. The first-order chi connectivity index (χ1) is 9.33. The number of para-hydroxylation sites is 1. The Morgan fingerprint density at radius 2 is 2.05 bits per heavy atom. The molecule has 3 rings (SSSR count). The average Bonchev–Trinajstić information content (AvgIpc) is 3.09. The van der Waals surface area contributed by atoms with Crippen molar-refractivity contribution < 1.29 is 5.11 Å². The maximum Gasteiger partial charge on any atom is 0.129 e. The van der Waals surface area contributed by atoms with Crippen LogP contribution in [0, 0.1) is 0 Å². The molecule has 3 aromatic rings. The van der Waals surface area contributed by atoms with Crippen LogP contribution in [0.15, 0.2) is 51.4 Å². The summed E-state index contributed by atoms with van der Waals surface area (Å²) < 4.78 is 0. The number of nitrogens with zero attached hydrogens (tertiary/aromatic N) is 1. The number of benzene rings is 1. The first-order valence-corrected chi connectivity index (χ1v) is 8.51. The molecule has 96 valence electrons. The number of aromatic nitrogens is 1. The van der Waals surface area contributed by atoms with E-state index in [-0.39, 0.29) is 0 Å². The topological polar surface area (TPSA) is 33.1 Å². The van der Waals surface area contributed by atoms with Gasteiger partial charge in [-0.2, -0.15) is 11.3 Å². The molecule has 0 aliphatic heterocycles. The van der Waals surface area contributed by atoms with Gasteiger partial charge in [-0.25, -0.2) is 4.98 Å². The molecule has 1 N–H and O–H groups in total. The molecule has 2 nitrogen and oxygen atoms in total. The number of phenols is 1. The largest absolute Gasteiger partial charge is 0.507 e. The van der Waals surface area contributed by atoms with Crippen molar-refractivity contribution in [2.75, 3.05) is 0 Å². The van der Waals surface area contributed by atoms with E-state index >= 15 is 0 Å². The molecule has 0 saturated carbocycles. The molecule has 1 aromatic carbocycles. The lowest BCUT2D eigenvalue weighted by molar-refractivity contribution is 0.462. The fourth-order valence-corrected chi connectivity index (χ4v) is 4.10. The molecule has 0 aliphatic rings. The fraction of sp³-hybridized carbons (Fsp3) is 0.0714. The molecule has 0 amide bonds. The molecule has 19 heavy (non-hydrogen) atoms. The fourth-order valence-electron chi connectivity index (χ4n) is 1.62. The summed E-state index contributed by atoms with van der Waals surface area (Å²) in [6, 6.07) is 9.48. The normalized spacial score (nSPS) is 10.7. The minimum absolute atomic E-state index is 0.334. The van der Waals surface area contributed by atoms with Crippen LogP contribution in [0.4, 0.5) is 0 Å². The third-order valence-corrected chi connectivity index (χ3v) is 5.28. The van der Waals surface area contributed by atoms with Gasteiger partial charge in [-0.05, 0) is 23.6 Å². The van der Waals surface area contributed by atoms with Crippen molar-refractivity contribution in [1.82, 2.24) is 4.98 Å². The number of thiazole rings is 1. The number of hydrogen-bond acceptors (Lipinski definition) is 5. The predicted molar refractivity (Wildman–Crippen MR) is 83.1 cm³/mol. The summed E-state index contributed by atoms with van der Waals surface area (Å²) in [6.45, 7) is 0. The van der Waals surface area contributed by atoms with Crippen LogP contribution < -0.4 is 0 Å². The number of rotatable bonds is 4. The maximum atomic E-state index is 9.71. The predicted octanol–water partition coefficient (Wildman–Crippen LogP) is 4.87. The zero-order valence-electron chi connectivity index (χ0n) is 9.95. The summed E-state index contributed by atoms with van der Waals surface area (Å²) >= 11 is 4.96. The van der Waals surface area contributed by atoms with Crippen molar-refractivity contribution in [2.45, 2.75) is 10.6 Å². The quantitative estimate of drug-likeness (QED) is 0.698. The number of thiophene rings is 1. The van der Waals surface area contributed by atoms with Crippen LogP contribution in [0.1, 0.15) is 5.69 Å². The Labute approximate surface area is 123 Å². The Bertz CT molecular complexity index is 661. The van der Waals surface area contributed by atoms with Gasteiger partial charge in [-0.3, -0.25) is 0 Å². The standard InChI is InChI=1S/C14H11NOS3/c16-12-3-1-2-4-13(12)18-8-11-9-19-14(15-11)10-5-6-17-7-10/h1-7,9,16H,8H2. The molecule has 0 bridgehead atoms. The van der Waals surface area contributed by atoms with E-state index in [1.165, 1.54) is 5.56 Å². The van der Waals surface area contributed by atoms with Crippen molar-refractivity contribution >= 4 is 34.4 Å². The van der Waals surface area contributed by atoms with Gasteiger partial charge in [0.25, 0.3) is 0 Å². The van der Waals surface area contributed by atoms with Crippen molar-refractivity contribution in [3.8, 4) is 16.3 Å². The monoisotopic (exact) mass is 305 g/mol. The van der Waals surface area contributed by atoms with Crippen molar-refractivity contribution in [3.63, 3.8) is 0 Å². The zero-order valence-corrected chi connectivity index (χ0v) is 12.4. The van der Waals surface area contributed by atoms with Crippen molar-refractivity contribution in [2.24, 2.45) is 0 Å². The highest BCUT2D eigenvalue weighted by Gasteiger charge is 2.07. The number of hydrogen-bond donors (Lipinski definition) is 1. The molecule has 0 aliphatic carbocycles. The summed E-state index contributed by atoms with van der Waals surface area (Å²) in [7, 11) is 0. The van der Waals surface area contributed by atoms with E-state index in [1.807, 2.05) is 18.2 Å². The van der Waals surface area contributed by atoms with Crippen LogP contribution in [-0.2, 0) is 5.75 Å². The van der Waals surface area contributed by atoms with Gasteiger partial charge in [0.15, 0.2) is 0 Å². The minimum atomic E-state index is 0.334. The Morgan fingerprint density at radius 3 is 2.84 bits per heavy atom. The van der Waals surface area contributed by atoms with Gasteiger partial charge in [0.2, 0.25) is 0 Å². The SMILES string of the molecule is Oc1ccccc1SCc1csc(-c2ccsc2)n1. The molecule has 0 spiro atoms. The average molecular weight is 305 g/mol. The van der Waals surface area contributed by atoms with Crippen LogP contribution in [0.2, 0.25) is 0 Å². The molecule has 0 saturated heterocycles. The Hall–Kier alpha value is -1.30. The number of phenolic OH excluding ortho intramolecular Hbond substituents is 1. The van der Waals surface area contributed by atoms with E-state index in [1.54, 1.807) is 40.5 Å². The van der Waals surface area contributed by atoms with Gasteiger partial charge in [-0.1, -0.05) is 12.1 Å². The molecule has 2 aromatic heterocycles. The van der Waals surface area contributed by atoms with E-state index in [2.05, 4.69) is 27.2 Å². The summed E-state index contributed by atoms with van der Waals surface area (Å²) in [6.07, 6.45) is 0. The van der Waals surface area contributed by atoms with Crippen LogP contribution >= 0.6 is 34.4 Å². The first-order valence-electron chi connectivity index (χ1n) is 5.71. The minimum Gasteiger partial charge on any atom is -0.507 e. The van der Waals surface area contributed by atoms with E-state index in [0.29, 0.717) is 5.75 Å². The Kier molecular flexibility index (Phi) is 3.87. The third-order valence-electron chi connectivity index (χ3n) is 2.56. The van der Waals surface area contributed by atoms with E-state index in [0.717, 1.165) is 21.3 Å². The highest BCUT2D eigenvalue weighted by atomic mass is 32.2. The number of aromatic hydroxyl groups is 1. The highest BCUT2D eigenvalue weighted by molar-refractivity contribution is 7.98. The molecule has 2 heterocycles. The lowest BCUT2D eigenvalue weighted by Crippen LogP contribution is -1.81. The van der Waals surface area contributed by atoms with Gasteiger partial charge in [0.05, 0.1) is 5.69 Å². The molecular formula is C14H11NOS3. The van der Waals surface area contributed by atoms with Gasteiger partial charge in [-0.15, -0.1) is 23.1 Å². The Morgan fingerprint density at radius 1 is 1.16 bits per heavy atom. The smallest absolute Gasteiger partial charge is 0.129 e. The third kappa shape index (κ3) is 3.00. The molecule has 5 heteroatoms. The van der Waals surface area contributed by atoms with Gasteiger partial charge >= 0.3 is 0 Å². The summed E-state index contributed by atoms with van der Waals surface area (Å²) in [5.41, 5.74) is 2.24. The van der Waals surface area contributed by atoms with E-state index in [4.69, 9.17) is 0 Å². The van der Waals surface area contributed by atoms with Crippen LogP contribution in [0.25, 0.3) is 10.6 Å². The highest BCUT2D eigenvalue weighted by Crippen LogP contribution is 2.32. The van der Waals surface area contributed by atoms with Crippen LogP contribution in [-0.4, -0.2) is 10.1 Å². The summed E-state index contributed by atoms with van der Waals surface area (Å²) in [5, 5.41) is 17.0. The second kappa shape index (κ2) is 5.77. The van der Waals surface area contributed by atoms with E-state index < -0.39 is 0 Å². The maximum absolute atomic E-state index is 9.71.